The number of rotatable bonds is 6. The van der Waals surface area contributed by atoms with Gasteiger partial charge < -0.3 is 9.84 Å². The van der Waals surface area contributed by atoms with Crippen LogP contribution in [0.25, 0.3) is 0 Å². The molecule has 0 aromatic rings. The van der Waals surface area contributed by atoms with Crippen LogP contribution in [0.2, 0.25) is 0 Å². The molecular formula is C21H30O3. The van der Waals surface area contributed by atoms with Gasteiger partial charge in [0.1, 0.15) is 0 Å². The Kier molecular flexibility index (Phi) is 7.43. The molecular weight excluding hydrogens is 300 g/mol. The Balaban J connectivity index is 2.85. The van der Waals surface area contributed by atoms with Crippen LogP contribution in [0.1, 0.15) is 47.5 Å². The Labute approximate surface area is 146 Å². The molecule has 0 saturated carbocycles. The van der Waals surface area contributed by atoms with Crippen molar-refractivity contribution < 1.29 is 14.6 Å². The predicted molar refractivity (Wildman–Crippen MR) is 99.9 cm³/mol. The molecule has 3 nitrogen and oxygen atoms in total. The van der Waals surface area contributed by atoms with Gasteiger partial charge in [0.25, 0.3) is 0 Å². The topological polar surface area (TPSA) is 46.5 Å². The molecule has 0 radical (unpaired) electrons. The summed E-state index contributed by atoms with van der Waals surface area (Å²) in [6, 6.07) is 0. The fourth-order valence-corrected chi connectivity index (χ4v) is 3.18. The van der Waals surface area contributed by atoms with E-state index in [1.807, 2.05) is 19.1 Å². The standard InChI is InChI=1S/C21H30O3/c1-15(8-7-9-16(2)12-20(22)23)10-11-19-17(3)13-18(24-6)14-21(19,4)5/h7-12,18H,13-14H2,1-6H3,(H,22,23)/t18-/m1/s1. The van der Waals surface area contributed by atoms with Crippen LogP contribution >= 0.6 is 0 Å². The summed E-state index contributed by atoms with van der Waals surface area (Å²) >= 11 is 0. The Morgan fingerprint density at radius 3 is 2.46 bits per heavy atom. The second-order valence-electron chi connectivity index (χ2n) is 7.17. The minimum Gasteiger partial charge on any atom is -0.478 e. The summed E-state index contributed by atoms with van der Waals surface area (Å²) in [5.41, 5.74) is 4.72. The Hall–Kier alpha value is -1.87. The van der Waals surface area contributed by atoms with E-state index in [0.717, 1.165) is 18.4 Å². The number of aliphatic carboxylic acids is 1. The van der Waals surface area contributed by atoms with Gasteiger partial charge in [-0.05, 0) is 50.2 Å². The maximum Gasteiger partial charge on any atom is 0.328 e. The summed E-state index contributed by atoms with van der Waals surface area (Å²) < 4.78 is 5.55. The highest BCUT2D eigenvalue weighted by Gasteiger charge is 2.32. The molecule has 0 heterocycles. The molecule has 1 N–H and O–H groups in total. The van der Waals surface area contributed by atoms with E-state index in [-0.39, 0.29) is 5.41 Å². The molecule has 0 amide bonds. The van der Waals surface area contributed by atoms with E-state index in [2.05, 4.69) is 32.9 Å². The number of ether oxygens (including phenoxy) is 1. The highest BCUT2D eigenvalue weighted by Crippen LogP contribution is 2.41. The molecule has 0 bridgehead atoms. The van der Waals surface area contributed by atoms with E-state index in [0.29, 0.717) is 11.7 Å². The van der Waals surface area contributed by atoms with E-state index >= 15 is 0 Å². The van der Waals surface area contributed by atoms with E-state index in [4.69, 9.17) is 9.84 Å². The molecule has 1 aliphatic rings. The van der Waals surface area contributed by atoms with Crippen molar-refractivity contribution in [3.63, 3.8) is 0 Å². The van der Waals surface area contributed by atoms with Gasteiger partial charge in [0, 0.05) is 13.2 Å². The Morgan fingerprint density at radius 2 is 1.92 bits per heavy atom. The van der Waals surface area contributed by atoms with Gasteiger partial charge in [-0.2, -0.15) is 0 Å². The van der Waals surface area contributed by atoms with Gasteiger partial charge in [0.15, 0.2) is 0 Å². The van der Waals surface area contributed by atoms with Gasteiger partial charge in [-0.15, -0.1) is 0 Å². The molecule has 132 valence electrons. The third-order valence-corrected chi connectivity index (χ3v) is 4.38. The summed E-state index contributed by atoms with van der Waals surface area (Å²) in [6.07, 6.45) is 13.5. The van der Waals surface area contributed by atoms with Crippen molar-refractivity contribution in [2.24, 2.45) is 5.41 Å². The third kappa shape index (κ3) is 6.32. The van der Waals surface area contributed by atoms with Crippen LogP contribution in [0.4, 0.5) is 0 Å². The molecule has 0 fully saturated rings. The van der Waals surface area contributed by atoms with Crippen molar-refractivity contribution in [2.75, 3.05) is 7.11 Å². The second kappa shape index (κ2) is 8.84. The van der Waals surface area contributed by atoms with E-state index < -0.39 is 5.97 Å². The van der Waals surface area contributed by atoms with Gasteiger partial charge in [-0.3, -0.25) is 0 Å². The van der Waals surface area contributed by atoms with Crippen molar-refractivity contribution in [3.05, 3.63) is 58.7 Å². The summed E-state index contributed by atoms with van der Waals surface area (Å²) in [7, 11) is 1.79. The lowest BCUT2D eigenvalue weighted by molar-refractivity contribution is -0.131. The van der Waals surface area contributed by atoms with Crippen molar-refractivity contribution in [1.82, 2.24) is 0 Å². The van der Waals surface area contributed by atoms with Crippen LogP contribution < -0.4 is 0 Å². The Morgan fingerprint density at radius 1 is 1.25 bits per heavy atom. The van der Waals surface area contributed by atoms with Crippen molar-refractivity contribution >= 4 is 5.97 Å². The maximum absolute atomic E-state index is 10.6. The first-order chi connectivity index (χ1) is 11.2. The zero-order valence-corrected chi connectivity index (χ0v) is 15.7. The molecule has 0 saturated heterocycles. The molecule has 0 unspecified atom stereocenters. The molecule has 24 heavy (non-hydrogen) atoms. The molecule has 1 rings (SSSR count). The van der Waals surface area contributed by atoms with Gasteiger partial charge in [-0.25, -0.2) is 4.79 Å². The fraction of sp³-hybridized carbons (Fsp3) is 0.476. The minimum atomic E-state index is -0.922. The van der Waals surface area contributed by atoms with Crippen molar-refractivity contribution in [2.45, 2.75) is 53.6 Å². The van der Waals surface area contributed by atoms with Crippen LogP contribution in [0, 0.1) is 5.41 Å². The lowest BCUT2D eigenvalue weighted by Gasteiger charge is -2.37. The second-order valence-corrected chi connectivity index (χ2v) is 7.17. The largest absolute Gasteiger partial charge is 0.478 e. The summed E-state index contributed by atoms with van der Waals surface area (Å²) in [5.74, 6) is -0.922. The van der Waals surface area contributed by atoms with E-state index in [1.54, 1.807) is 20.1 Å². The van der Waals surface area contributed by atoms with Crippen LogP contribution in [-0.2, 0) is 9.53 Å². The third-order valence-electron chi connectivity index (χ3n) is 4.38. The monoisotopic (exact) mass is 330 g/mol. The first-order valence-electron chi connectivity index (χ1n) is 8.33. The predicted octanol–water partition coefficient (Wildman–Crippen LogP) is 5.23. The van der Waals surface area contributed by atoms with E-state index in [1.165, 1.54) is 17.2 Å². The zero-order valence-electron chi connectivity index (χ0n) is 15.7. The normalized spacial score (nSPS) is 22.7. The molecule has 0 aromatic carbocycles. The number of allylic oxidation sites excluding steroid dienone is 8. The SMILES string of the molecule is CO[C@@H]1CC(C)=C(C=CC(C)=CC=CC(C)=CC(=O)O)C(C)(C)C1. The molecule has 3 heteroatoms. The molecule has 1 aliphatic carbocycles. The van der Waals surface area contributed by atoms with Gasteiger partial charge >= 0.3 is 5.97 Å². The summed E-state index contributed by atoms with van der Waals surface area (Å²) in [5, 5.41) is 8.68. The fourth-order valence-electron chi connectivity index (χ4n) is 3.18. The number of carbonyl (C=O) groups is 1. The molecule has 0 aromatic heterocycles. The molecule has 1 atom stereocenters. The van der Waals surface area contributed by atoms with E-state index in [9.17, 15) is 4.79 Å². The van der Waals surface area contributed by atoms with Crippen LogP contribution in [-0.4, -0.2) is 24.3 Å². The quantitative estimate of drug-likeness (QED) is 0.536. The number of methoxy groups -OCH3 is 1. The van der Waals surface area contributed by atoms with Crippen LogP contribution in [0.5, 0.6) is 0 Å². The average Bonchev–Trinajstić information content (AvgIpc) is 2.44. The smallest absolute Gasteiger partial charge is 0.328 e. The number of carboxylic acids is 1. The average molecular weight is 330 g/mol. The van der Waals surface area contributed by atoms with Crippen molar-refractivity contribution in [1.29, 1.82) is 0 Å². The zero-order chi connectivity index (χ0) is 18.3. The van der Waals surface area contributed by atoms with Crippen LogP contribution in [0.15, 0.2) is 58.7 Å². The number of carboxylic acid groups (broad SMARTS) is 1. The highest BCUT2D eigenvalue weighted by atomic mass is 16.5. The minimum absolute atomic E-state index is 0.108. The van der Waals surface area contributed by atoms with Gasteiger partial charge in [-0.1, -0.05) is 55.4 Å². The first kappa shape index (κ1) is 20.2. The summed E-state index contributed by atoms with van der Waals surface area (Å²) in [4.78, 5) is 10.6. The molecule has 0 aliphatic heterocycles. The number of hydrogen-bond acceptors (Lipinski definition) is 2. The Bertz CT molecular complexity index is 613. The highest BCUT2D eigenvalue weighted by molar-refractivity contribution is 5.81. The van der Waals surface area contributed by atoms with Crippen LogP contribution in [0.3, 0.4) is 0 Å². The lowest BCUT2D eigenvalue weighted by atomic mass is 9.71. The van der Waals surface area contributed by atoms with Gasteiger partial charge in [0.05, 0.1) is 6.10 Å². The maximum atomic E-state index is 10.6. The summed E-state index contributed by atoms with van der Waals surface area (Å²) in [6.45, 7) is 10.5. The number of hydrogen-bond donors (Lipinski definition) is 1. The van der Waals surface area contributed by atoms with Crippen molar-refractivity contribution in [3.8, 4) is 0 Å². The molecule has 0 spiro atoms. The van der Waals surface area contributed by atoms with Gasteiger partial charge in [0.2, 0.25) is 0 Å². The first-order valence-corrected chi connectivity index (χ1v) is 8.33. The lowest BCUT2D eigenvalue weighted by Crippen LogP contribution is -2.29.